The number of methoxy groups -OCH3 is 1. The largest absolute Gasteiger partial charge is 0.481 e. The second-order valence-electron chi connectivity index (χ2n) is 6.98. The van der Waals surface area contributed by atoms with Crippen LogP contribution in [0.5, 0.6) is 0 Å². The van der Waals surface area contributed by atoms with Crippen LogP contribution >= 0.6 is 0 Å². The molecule has 1 saturated carbocycles. The third kappa shape index (κ3) is 4.38. The summed E-state index contributed by atoms with van der Waals surface area (Å²) in [6, 6.07) is 6.16. The lowest BCUT2D eigenvalue weighted by Gasteiger charge is -2.25. The number of hydrogen-bond acceptors (Lipinski definition) is 5. The molecule has 1 fully saturated rings. The van der Waals surface area contributed by atoms with E-state index < -0.39 is 26.9 Å². The van der Waals surface area contributed by atoms with Gasteiger partial charge in [-0.1, -0.05) is 12.1 Å². The zero-order chi connectivity index (χ0) is 18.9. The third-order valence-corrected chi connectivity index (χ3v) is 6.13. The number of nitrogens with one attached hydrogen (secondary N) is 1. The molecular weight excluding hydrogens is 346 g/mol. The van der Waals surface area contributed by atoms with E-state index in [9.17, 15) is 18.0 Å². The topological polar surface area (TPSA) is 110 Å². The molecule has 1 aromatic carbocycles. The van der Waals surface area contributed by atoms with Gasteiger partial charge < -0.3 is 9.84 Å². The fourth-order valence-corrected chi connectivity index (χ4v) is 4.22. The van der Waals surface area contributed by atoms with Crippen LogP contribution in [0.4, 0.5) is 0 Å². The molecule has 138 valence electrons. The molecule has 8 heteroatoms. The average molecular weight is 369 g/mol. The Morgan fingerprint density at radius 3 is 2.24 bits per heavy atom. The minimum Gasteiger partial charge on any atom is -0.481 e. The summed E-state index contributed by atoms with van der Waals surface area (Å²) in [5, 5.41) is 8.76. The second-order valence-corrected chi connectivity index (χ2v) is 8.66. The zero-order valence-electron chi connectivity index (χ0n) is 14.5. The lowest BCUT2D eigenvalue weighted by atomic mass is 9.96. The normalized spacial score (nSPS) is 16.3. The first-order valence-electron chi connectivity index (χ1n) is 7.97. The van der Waals surface area contributed by atoms with E-state index in [0.717, 1.165) is 5.56 Å². The van der Waals surface area contributed by atoms with E-state index in [2.05, 4.69) is 4.72 Å². The van der Waals surface area contributed by atoms with E-state index in [1.807, 2.05) is 0 Å². The Morgan fingerprint density at radius 1 is 1.24 bits per heavy atom. The first-order chi connectivity index (χ1) is 11.5. The lowest BCUT2D eigenvalue weighted by Crippen LogP contribution is -2.43. The van der Waals surface area contributed by atoms with Crippen LogP contribution in [0.1, 0.15) is 45.1 Å². The van der Waals surface area contributed by atoms with E-state index in [1.54, 1.807) is 26.0 Å². The van der Waals surface area contributed by atoms with Crippen LogP contribution in [0.25, 0.3) is 0 Å². The predicted molar refractivity (Wildman–Crippen MR) is 90.6 cm³/mol. The van der Waals surface area contributed by atoms with E-state index in [0.29, 0.717) is 12.8 Å². The molecule has 1 aromatic rings. The molecule has 1 aliphatic rings. The summed E-state index contributed by atoms with van der Waals surface area (Å²) in [6.45, 7) is 3.27. The number of carboxylic acids is 1. The van der Waals surface area contributed by atoms with E-state index in [-0.39, 0.29) is 23.7 Å². The molecule has 25 heavy (non-hydrogen) atoms. The SMILES string of the molecule is COC(=O)C1(c2ccc(S(=O)(=O)NC(C)(C)CCC(=O)O)cc2)CC1. The Labute approximate surface area is 147 Å². The Morgan fingerprint density at radius 2 is 1.80 bits per heavy atom. The lowest BCUT2D eigenvalue weighted by molar-refractivity contribution is -0.143. The highest BCUT2D eigenvalue weighted by Crippen LogP contribution is 2.49. The fraction of sp³-hybridized carbons (Fsp3) is 0.529. The maximum Gasteiger partial charge on any atom is 0.316 e. The van der Waals surface area contributed by atoms with Gasteiger partial charge in [-0.25, -0.2) is 13.1 Å². The molecule has 0 aromatic heterocycles. The number of carbonyl (C=O) groups excluding carboxylic acids is 1. The standard InChI is InChI=1S/C17H23NO6S/c1-16(2,9-8-14(19)20)18-25(22,23)13-6-4-12(5-7-13)17(10-11-17)15(21)24-3/h4-7,18H,8-11H2,1-3H3,(H,19,20). The van der Waals surface area contributed by atoms with E-state index in [4.69, 9.17) is 9.84 Å². The highest BCUT2D eigenvalue weighted by atomic mass is 32.2. The van der Waals surface area contributed by atoms with Crippen molar-refractivity contribution in [2.45, 2.75) is 55.4 Å². The quantitative estimate of drug-likeness (QED) is 0.676. The second kappa shape index (κ2) is 6.76. The van der Waals surface area contributed by atoms with Crippen molar-refractivity contribution < 1.29 is 27.9 Å². The molecule has 2 rings (SSSR count). The van der Waals surface area contributed by atoms with Gasteiger partial charge in [-0.15, -0.1) is 0 Å². The van der Waals surface area contributed by atoms with Crippen molar-refractivity contribution in [2.75, 3.05) is 7.11 Å². The van der Waals surface area contributed by atoms with Gasteiger partial charge in [0.05, 0.1) is 17.4 Å². The van der Waals surface area contributed by atoms with Crippen molar-refractivity contribution in [3.8, 4) is 0 Å². The number of benzene rings is 1. The van der Waals surface area contributed by atoms with Gasteiger partial charge >= 0.3 is 11.9 Å². The molecule has 2 N–H and O–H groups in total. The molecule has 0 unspecified atom stereocenters. The zero-order valence-corrected chi connectivity index (χ0v) is 15.4. The molecule has 0 saturated heterocycles. The average Bonchev–Trinajstić information content (AvgIpc) is 3.33. The molecule has 0 radical (unpaired) electrons. The number of sulfonamides is 1. The van der Waals surface area contributed by atoms with E-state index in [1.165, 1.54) is 19.2 Å². The molecule has 7 nitrogen and oxygen atoms in total. The number of esters is 1. The van der Waals surface area contributed by atoms with Crippen LogP contribution in [0.15, 0.2) is 29.2 Å². The minimum atomic E-state index is -3.79. The van der Waals surface area contributed by atoms with Crippen molar-refractivity contribution in [3.63, 3.8) is 0 Å². The van der Waals surface area contributed by atoms with Gasteiger partial charge in [0.1, 0.15) is 0 Å². The fourth-order valence-electron chi connectivity index (χ4n) is 2.78. The minimum absolute atomic E-state index is 0.0697. The molecule has 0 spiro atoms. The number of rotatable bonds is 8. The molecule has 0 heterocycles. The first-order valence-corrected chi connectivity index (χ1v) is 9.45. The molecule has 1 aliphatic carbocycles. The Bertz CT molecular complexity index is 763. The smallest absolute Gasteiger partial charge is 0.316 e. The van der Waals surface area contributed by atoms with Crippen molar-refractivity contribution in [2.24, 2.45) is 0 Å². The number of carbonyl (C=O) groups is 2. The van der Waals surface area contributed by atoms with Crippen LogP contribution in [0.3, 0.4) is 0 Å². The number of aliphatic carboxylic acids is 1. The summed E-state index contributed by atoms with van der Waals surface area (Å²) >= 11 is 0. The van der Waals surface area contributed by atoms with Crippen LogP contribution in [0.2, 0.25) is 0 Å². The highest BCUT2D eigenvalue weighted by molar-refractivity contribution is 7.89. The number of ether oxygens (including phenoxy) is 1. The van der Waals surface area contributed by atoms with Crippen molar-refractivity contribution >= 4 is 22.0 Å². The van der Waals surface area contributed by atoms with Crippen LogP contribution in [-0.2, 0) is 29.8 Å². The van der Waals surface area contributed by atoms with Gasteiger partial charge in [0.25, 0.3) is 0 Å². The molecule has 0 aliphatic heterocycles. The monoisotopic (exact) mass is 369 g/mol. The maximum absolute atomic E-state index is 12.5. The van der Waals surface area contributed by atoms with Crippen LogP contribution in [-0.4, -0.2) is 38.1 Å². The summed E-state index contributed by atoms with van der Waals surface area (Å²) in [4.78, 5) is 22.6. The molecule has 0 atom stereocenters. The van der Waals surface area contributed by atoms with Gasteiger partial charge in [0, 0.05) is 12.0 Å². The summed E-state index contributed by atoms with van der Waals surface area (Å²) in [5.74, 6) is -1.29. The van der Waals surface area contributed by atoms with Gasteiger partial charge in [0.2, 0.25) is 10.0 Å². The van der Waals surface area contributed by atoms with Crippen LogP contribution in [0, 0.1) is 0 Å². The van der Waals surface area contributed by atoms with E-state index >= 15 is 0 Å². The molecular formula is C17H23NO6S. The summed E-state index contributed by atoms with van der Waals surface area (Å²) in [6.07, 6.45) is 1.42. The van der Waals surface area contributed by atoms with Crippen LogP contribution < -0.4 is 4.72 Å². The Hall–Kier alpha value is -1.93. The van der Waals surface area contributed by atoms with Gasteiger partial charge in [-0.05, 0) is 50.8 Å². The molecule has 0 bridgehead atoms. The Kier molecular flexibility index (Phi) is 5.24. The summed E-state index contributed by atoms with van der Waals surface area (Å²) in [5.41, 5.74) is -0.798. The number of hydrogen-bond donors (Lipinski definition) is 2. The highest BCUT2D eigenvalue weighted by Gasteiger charge is 2.52. The van der Waals surface area contributed by atoms with Crippen molar-refractivity contribution in [1.82, 2.24) is 4.72 Å². The molecule has 0 amide bonds. The predicted octanol–water partition coefficient (Wildman–Crippen LogP) is 1.81. The summed E-state index contributed by atoms with van der Waals surface area (Å²) < 4.78 is 32.4. The summed E-state index contributed by atoms with van der Waals surface area (Å²) in [7, 11) is -2.45. The van der Waals surface area contributed by atoms with Gasteiger partial charge in [0.15, 0.2) is 0 Å². The van der Waals surface area contributed by atoms with Gasteiger partial charge in [-0.3, -0.25) is 9.59 Å². The third-order valence-electron chi connectivity index (χ3n) is 4.42. The van der Waals surface area contributed by atoms with Crippen molar-refractivity contribution in [3.05, 3.63) is 29.8 Å². The number of carboxylic acid groups (broad SMARTS) is 1. The first kappa shape index (κ1) is 19.4. The van der Waals surface area contributed by atoms with Gasteiger partial charge in [-0.2, -0.15) is 0 Å². The Balaban J connectivity index is 2.15. The van der Waals surface area contributed by atoms with Crippen molar-refractivity contribution in [1.29, 1.82) is 0 Å². The maximum atomic E-state index is 12.5.